The first-order chi connectivity index (χ1) is 10.8. The minimum atomic E-state index is -1.19. The zero-order valence-electron chi connectivity index (χ0n) is 13.1. The second-order valence-electron chi connectivity index (χ2n) is 6.31. The van der Waals surface area contributed by atoms with Crippen molar-refractivity contribution >= 4 is 16.4 Å². The van der Waals surface area contributed by atoms with Gasteiger partial charge in [-0.15, -0.1) is 0 Å². The van der Waals surface area contributed by atoms with Crippen molar-refractivity contribution in [3.8, 4) is 0 Å². The highest BCUT2D eigenvalue weighted by Gasteiger charge is 2.28. The smallest absolute Gasteiger partial charge is 0.216 e. The van der Waals surface area contributed by atoms with Gasteiger partial charge in [0.2, 0.25) is 11.9 Å². The summed E-state index contributed by atoms with van der Waals surface area (Å²) in [6.07, 6.45) is 5.36. The Morgan fingerprint density at radius 1 is 1.26 bits per heavy atom. The van der Waals surface area contributed by atoms with Gasteiger partial charge in [-0.2, -0.15) is 13.8 Å². The van der Waals surface area contributed by atoms with E-state index < -0.39 is 22.7 Å². The Balaban J connectivity index is 2.06. The molecule has 1 N–H and O–H groups in total. The van der Waals surface area contributed by atoms with Gasteiger partial charge in [-0.05, 0) is 38.5 Å². The summed E-state index contributed by atoms with van der Waals surface area (Å²) < 4.78 is 38.9. The number of pyridine rings is 1. The minimum absolute atomic E-state index is 0.389. The molecule has 7 heteroatoms. The quantitative estimate of drug-likeness (QED) is 0.843. The van der Waals surface area contributed by atoms with Crippen LogP contribution in [0, 0.1) is 11.9 Å². The maximum Gasteiger partial charge on any atom is 0.216 e. The van der Waals surface area contributed by atoms with Gasteiger partial charge in [-0.25, -0.2) is 5.43 Å². The molecule has 3 heterocycles. The molecule has 0 fully saturated rings. The molecule has 122 valence electrons. The van der Waals surface area contributed by atoms with Crippen molar-refractivity contribution in [3.63, 3.8) is 0 Å². The zero-order valence-corrected chi connectivity index (χ0v) is 13.9. The molecule has 0 aliphatic carbocycles. The molecule has 0 radical (unpaired) electrons. The Labute approximate surface area is 136 Å². The van der Waals surface area contributed by atoms with Crippen LogP contribution in [0.2, 0.25) is 0 Å². The van der Waals surface area contributed by atoms with Gasteiger partial charge in [0.1, 0.15) is 0 Å². The lowest BCUT2D eigenvalue weighted by Gasteiger charge is -2.24. The van der Waals surface area contributed by atoms with E-state index >= 15 is 0 Å². The topological polar surface area (TPSA) is 45.2 Å². The maximum atomic E-state index is 13.4. The van der Waals surface area contributed by atoms with Crippen LogP contribution in [0.4, 0.5) is 8.78 Å². The predicted molar refractivity (Wildman–Crippen MR) is 86.0 cm³/mol. The van der Waals surface area contributed by atoms with Crippen LogP contribution in [-0.4, -0.2) is 25.5 Å². The Kier molecular flexibility index (Phi) is 3.93. The number of allylic oxidation sites excluding steroid dienone is 2. The van der Waals surface area contributed by atoms with Crippen LogP contribution in [0.3, 0.4) is 0 Å². The first kappa shape index (κ1) is 16.0. The largest absolute Gasteiger partial charge is 0.284 e. The van der Waals surface area contributed by atoms with E-state index in [1.54, 1.807) is 23.4 Å². The van der Waals surface area contributed by atoms with Gasteiger partial charge in [-0.3, -0.25) is 9.22 Å². The Morgan fingerprint density at radius 2 is 1.91 bits per heavy atom. The number of halogens is 2. The average molecular weight is 337 g/mol. The van der Waals surface area contributed by atoms with Crippen LogP contribution in [0.5, 0.6) is 0 Å². The van der Waals surface area contributed by atoms with Crippen LogP contribution < -0.4 is 5.43 Å². The molecule has 1 atom stereocenters. The summed E-state index contributed by atoms with van der Waals surface area (Å²) in [5, 5.41) is 1.76. The van der Waals surface area contributed by atoms with Crippen LogP contribution in [0.1, 0.15) is 26.3 Å². The summed E-state index contributed by atoms with van der Waals surface area (Å²) in [6.45, 7) is 6.13. The van der Waals surface area contributed by atoms with Crippen molar-refractivity contribution in [2.45, 2.75) is 25.5 Å². The minimum Gasteiger partial charge on any atom is -0.284 e. The summed E-state index contributed by atoms with van der Waals surface area (Å²) in [6, 6.07) is 2.40. The van der Waals surface area contributed by atoms with E-state index in [-0.39, 0.29) is 4.75 Å². The molecule has 0 aromatic carbocycles. The van der Waals surface area contributed by atoms with E-state index in [1.165, 1.54) is 12.1 Å². The number of nitrogens with zero attached hydrogens (tertiary/aromatic N) is 2. The summed E-state index contributed by atoms with van der Waals surface area (Å²) in [5.74, 6) is -1.72. The summed E-state index contributed by atoms with van der Waals surface area (Å²) in [4.78, 5) is 3.80. The van der Waals surface area contributed by atoms with Crippen molar-refractivity contribution in [2.24, 2.45) is 0 Å². The maximum absolute atomic E-state index is 13.4. The monoisotopic (exact) mass is 337 g/mol. The standard InChI is InChI=1S/C16H17F2N3OS/c1-16(2,3)23(22)11-4-5-21-13(8-11)12(9-19-21)10-6-14(17)20-15(18)7-10/h4-8,19H,9H2,1-3H3. The van der Waals surface area contributed by atoms with E-state index in [4.69, 9.17) is 0 Å². The highest BCUT2D eigenvalue weighted by Crippen LogP contribution is 2.32. The van der Waals surface area contributed by atoms with Crippen LogP contribution in [0.25, 0.3) is 5.57 Å². The lowest BCUT2D eigenvalue weighted by atomic mass is 10.0. The number of rotatable bonds is 2. The second-order valence-corrected chi connectivity index (χ2v) is 8.55. The molecule has 1 aromatic heterocycles. The zero-order chi connectivity index (χ0) is 16.8. The van der Waals surface area contributed by atoms with Gasteiger partial charge >= 0.3 is 0 Å². The molecule has 0 spiro atoms. The van der Waals surface area contributed by atoms with Gasteiger partial charge in [0.15, 0.2) is 0 Å². The fraction of sp³-hybridized carbons (Fsp3) is 0.312. The summed E-state index contributed by atoms with van der Waals surface area (Å²) >= 11 is 0. The lowest BCUT2D eigenvalue weighted by molar-refractivity contribution is 0.395. The number of hydrogen-bond donors (Lipinski definition) is 1. The van der Waals surface area contributed by atoms with Gasteiger partial charge in [0.05, 0.1) is 16.5 Å². The second kappa shape index (κ2) is 5.65. The molecule has 0 saturated heterocycles. The molecule has 1 aromatic rings. The van der Waals surface area contributed by atoms with Crippen molar-refractivity contribution in [1.29, 1.82) is 0 Å². The van der Waals surface area contributed by atoms with E-state index in [2.05, 4.69) is 10.4 Å². The molecule has 0 amide bonds. The Morgan fingerprint density at radius 3 is 2.52 bits per heavy atom. The van der Waals surface area contributed by atoms with E-state index in [0.717, 1.165) is 11.3 Å². The third-order valence-electron chi connectivity index (χ3n) is 3.54. The molecule has 2 aliphatic rings. The third kappa shape index (κ3) is 3.11. The normalized spacial score (nSPS) is 19.0. The number of hydrazine groups is 1. The van der Waals surface area contributed by atoms with Crippen LogP contribution in [-0.2, 0) is 10.8 Å². The van der Waals surface area contributed by atoms with Crippen molar-refractivity contribution < 1.29 is 13.0 Å². The van der Waals surface area contributed by atoms with Crippen LogP contribution >= 0.6 is 0 Å². The Hall–Kier alpha value is -1.86. The number of hydrogen-bond acceptors (Lipinski definition) is 4. The fourth-order valence-corrected chi connectivity index (χ4v) is 3.57. The lowest BCUT2D eigenvalue weighted by Crippen LogP contribution is -2.29. The predicted octanol–water partition coefficient (Wildman–Crippen LogP) is 2.85. The summed E-state index contributed by atoms with van der Waals surface area (Å²) in [5.41, 5.74) is 5.01. The highest BCUT2D eigenvalue weighted by molar-refractivity contribution is 7.90. The average Bonchev–Trinajstić information content (AvgIpc) is 2.87. The Bertz CT molecular complexity index is 758. The van der Waals surface area contributed by atoms with Gasteiger partial charge in [0, 0.05) is 40.1 Å². The molecule has 0 bridgehead atoms. The highest BCUT2D eigenvalue weighted by atomic mass is 32.2. The molecular formula is C16H17F2N3OS. The van der Waals surface area contributed by atoms with Crippen LogP contribution in [0.15, 0.2) is 41.1 Å². The molecule has 4 nitrogen and oxygen atoms in total. The number of aromatic nitrogens is 1. The van der Waals surface area contributed by atoms with Gasteiger partial charge in [0.25, 0.3) is 0 Å². The van der Waals surface area contributed by atoms with Gasteiger partial charge < -0.3 is 0 Å². The number of fused-ring (bicyclic) bond motifs is 1. The first-order valence-corrected chi connectivity index (χ1v) is 8.32. The third-order valence-corrected chi connectivity index (χ3v) is 5.34. The molecule has 0 saturated carbocycles. The fourth-order valence-electron chi connectivity index (χ4n) is 2.46. The van der Waals surface area contributed by atoms with Crippen molar-refractivity contribution in [1.82, 2.24) is 15.4 Å². The van der Waals surface area contributed by atoms with E-state index in [0.29, 0.717) is 17.0 Å². The molecule has 1 unspecified atom stereocenters. The molecular weight excluding hydrogens is 320 g/mol. The molecule has 2 aliphatic heterocycles. The SMILES string of the molecule is CC(C)(C)S(=O)C1=CC2=C(c3cc(F)nc(F)c3)CNN2C=C1. The summed E-state index contributed by atoms with van der Waals surface area (Å²) in [7, 11) is -1.19. The first-order valence-electron chi connectivity index (χ1n) is 7.17. The number of nitrogens with one attached hydrogen (secondary N) is 1. The molecule has 3 rings (SSSR count). The van der Waals surface area contributed by atoms with E-state index in [9.17, 15) is 13.0 Å². The van der Waals surface area contributed by atoms with Crippen molar-refractivity contribution in [3.05, 3.63) is 58.5 Å². The van der Waals surface area contributed by atoms with E-state index in [1.807, 2.05) is 20.8 Å². The van der Waals surface area contributed by atoms with Gasteiger partial charge in [-0.1, -0.05) is 0 Å². The molecule has 23 heavy (non-hydrogen) atoms. The van der Waals surface area contributed by atoms with Crippen molar-refractivity contribution in [2.75, 3.05) is 6.54 Å².